The highest BCUT2D eigenvalue weighted by molar-refractivity contribution is 6.32. The molecule has 0 saturated heterocycles. The van der Waals surface area contributed by atoms with Crippen LogP contribution < -0.4 is 0 Å². The summed E-state index contributed by atoms with van der Waals surface area (Å²) < 4.78 is 1.43. The Bertz CT molecular complexity index is 629. The molecular formula is C14H17ClN4O. The van der Waals surface area contributed by atoms with Crippen LogP contribution in [0.5, 0.6) is 0 Å². The first-order valence-corrected chi connectivity index (χ1v) is 6.85. The zero-order valence-corrected chi connectivity index (χ0v) is 12.8. The van der Waals surface area contributed by atoms with Crippen LogP contribution in [0.2, 0.25) is 5.15 Å². The molecule has 2 aromatic rings. The molecule has 0 amide bonds. The van der Waals surface area contributed by atoms with Crippen LogP contribution in [-0.4, -0.2) is 26.0 Å². The molecule has 106 valence electrons. The van der Waals surface area contributed by atoms with Crippen molar-refractivity contribution in [2.45, 2.75) is 34.1 Å². The number of hydrogen-bond donors (Lipinski definition) is 0. The second-order valence-corrected chi connectivity index (χ2v) is 5.59. The number of aromatic nitrogens is 4. The van der Waals surface area contributed by atoms with Crippen LogP contribution in [0.15, 0.2) is 6.07 Å². The Morgan fingerprint density at radius 1 is 1.30 bits per heavy atom. The maximum absolute atomic E-state index is 11.2. The number of carbonyl (C=O) groups is 1. The summed E-state index contributed by atoms with van der Waals surface area (Å²) in [5, 5.41) is 4.67. The Labute approximate surface area is 123 Å². The molecule has 0 fully saturated rings. The van der Waals surface area contributed by atoms with Gasteiger partial charge >= 0.3 is 0 Å². The summed E-state index contributed by atoms with van der Waals surface area (Å²) in [6, 6.07) is 1.87. The lowest BCUT2D eigenvalue weighted by Gasteiger charge is -2.04. The molecule has 2 heterocycles. The van der Waals surface area contributed by atoms with Crippen molar-refractivity contribution < 1.29 is 4.79 Å². The average molecular weight is 293 g/mol. The van der Waals surface area contributed by atoms with Crippen molar-refractivity contribution in [3.05, 3.63) is 33.9 Å². The number of halogens is 1. The van der Waals surface area contributed by atoms with Gasteiger partial charge in [-0.3, -0.25) is 4.79 Å². The summed E-state index contributed by atoms with van der Waals surface area (Å²) >= 11 is 6.24. The molecule has 0 saturated carbocycles. The van der Waals surface area contributed by atoms with Crippen LogP contribution in [0.3, 0.4) is 0 Å². The van der Waals surface area contributed by atoms with E-state index < -0.39 is 0 Å². The molecule has 6 heteroatoms. The summed E-state index contributed by atoms with van der Waals surface area (Å²) in [6.07, 6.45) is 1.43. The molecule has 0 aromatic carbocycles. The number of rotatable bonds is 4. The van der Waals surface area contributed by atoms with Gasteiger partial charge in [-0.2, -0.15) is 9.78 Å². The molecule has 5 nitrogen and oxygen atoms in total. The molecule has 0 unspecified atom stereocenters. The minimum absolute atomic E-state index is 0.264. The van der Waals surface area contributed by atoms with Gasteiger partial charge in [0.2, 0.25) is 0 Å². The van der Waals surface area contributed by atoms with E-state index in [1.165, 1.54) is 4.68 Å². The summed E-state index contributed by atoms with van der Waals surface area (Å²) in [7, 11) is 0. The van der Waals surface area contributed by atoms with Crippen molar-refractivity contribution in [2.24, 2.45) is 5.92 Å². The zero-order chi connectivity index (χ0) is 14.9. The highest BCUT2D eigenvalue weighted by Crippen LogP contribution is 2.23. The average Bonchev–Trinajstić information content (AvgIpc) is 2.63. The second-order valence-electron chi connectivity index (χ2n) is 5.23. The van der Waals surface area contributed by atoms with Gasteiger partial charge in [-0.15, -0.1) is 0 Å². The Balaban J connectivity index is 2.56. The zero-order valence-electron chi connectivity index (χ0n) is 12.0. The summed E-state index contributed by atoms with van der Waals surface area (Å²) in [4.78, 5) is 19.9. The highest BCUT2D eigenvalue weighted by Gasteiger charge is 2.19. The Hall–Kier alpha value is -1.75. The lowest BCUT2D eigenvalue weighted by molar-refractivity contribution is 0.112. The molecule has 0 radical (unpaired) electrons. The second kappa shape index (κ2) is 5.71. The molecular weight excluding hydrogens is 276 g/mol. The quantitative estimate of drug-likeness (QED) is 0.813. The Morgan fingerprint density at radius 2 is 1.90 bits per heavy atom. The van der Waals surface area contributed by atoms with Crippen LogP contribution >= 0.6 is 11.6 Å². The normalized spacial score (nSPS) is 11.1. The number of aryl methyl sites for hydroxylation is 2. The van der Waals surface area contributed by atoms with Gasteiger partial charge < -0.3 is 0 Å². The molecule has 0 atom stereocenters. The summed E-state index contributed by atoms with van der Waals surface area (Å²) in [5.41, 5.74) is 2.76. The van der Waals surface area contributed by atoms with E-state index in [4.69, 9.17) is 11.6 Å². The number of hydrogen-bond acceptors (Lipinski definition) is 4. The van der Waals surface area contributed by atoms with Gasteiger partial charge in [-0.1, -0.05) is 25.4 Å². The van der Waals surface area contributed by atoms with E-state index in [1.807, 2.05) is 19.9 Å². The van der Waals surface area contributed by atoms with Gasteiger partial charge in [0.15, 0.2) is 6.29 Å². The molecule has 0 aliphatic heterocycles. The largest absolute Gasteiger partial charge is 0.298 e. The first-order chi connectivity index (χ1) is 9.42. The standard InChI is InChI=1S/C14H17ClN4O/c1-8(2)5-12-11(7-20)13(15)19(18-12)14-16-9(3)6-10(4)17-14/h6-8H,5H2,1-4H3. The first-order valence-electron chi connectivity index (χ1n) is 6.47. The van der Waals surface area contributed by atoms with Crippen molar-refractivity contribution in [1.82, 2.24) is 19.7 Å². The molecule has 2 aromatic heterocycles. The third-order valence-corrected chi connectivity index (χ3v) is 3.18. The van der Waals surface area contributed by atoms with Gasteiger partial charge in [0, 0.05) is 11.4 Å². The SMILES string of the molecule is Cc1cc(C)nc(-n2nc(CC(C)C)c(C=O)c2Cl)n1. The third kappa shape index (κ3) is 2.88. The molecule has 0 bridgehead atoms. The lowest BCUT2D eigenvalue weighted by Crippen LogP contribution is -2.06. The van der Waals surface area contributed by atoms with Crippen LogP contribution in [-0.2, 0) is 6.42 Å². The van der Waals surface area contributed by atoms with Crippen LogP contribution in [0.1, 0.15) is 41.3 Å². The molecule has 0 spiro atoms. The van der Waals surface area contributed by atoms with Gasteiger partial charge in [0.1, 0.15) is 5.15 Å². The molecule has 20 heavy (non-hydrogen) atoms. The lowest BCUT2D eigenvalue weighted by atomic mass is 10.1. The van der Waals surface area contributed by atoms with E-state index in [9.17, 15) is 4.79 Å². The Morgan fingerprint density at radius 3 is 2.40 bits per heavy atom. The van der Waals surface area contributed by atoms with Crippen LogP contribution in [0.4, 0.5) is 0 Å². The Kier molecular flexibility index (Phi) is 4.18. The number of carbonyl (C=O) groups excluding carboxylic acids is 1. The maximum Gasteiger partial charge on any atom is 0.252 e. The van der Waals surface area contributed by atoms with Gasteiger partial charge in [0.25, 0.3) is 5.95 Å². The van der Waals surface area contributed by atoms with Crippen molar-refractivity contribution in [2.75, 3.05) is 0 Å². The van der Waals surface area contributed by atoms with Crippen molar-refractivity contribution in [1.29, 1.82) is 0 Å². The van der Waals surface area contributed by atoms with E-state index >= 15 is 0 Å². The highest BCUT2D eigenvalue weighted by atomic mass is 35.5. The topological polar surface area (TPSA) is 60.7 Å². The van der Waals surface area contributed by atoms with Gasteiger partial charge in [-0.25, -0.2) is 9.97 Å². The minimum Gasteiger partial charge on any atom is -0.298 e. The van der Waals surface area contributed by atoms with Gasteiger partial charge in [-0.05, 0) is 32.3 Å². The number of nitrogens with zero attached hydrogens (tertiary/aromatic N) is 4. The van der Waals surface area contributed by atoms with Gasteiger partial charge in [0.05, 0.1) is 11.3 Å². The van der Waals surface area contributed by atoms with Crippen molar-refractivity contribution >= 4 is 17.9 Å². The molecule has 2 rings (SSSR count). The van der Waals surface area contributed by atoms with E-state index in [0.29, 0.717) is 29.5 Å². The van der Waals surface area contributed by atoms with E-state index in [1.54, 1.807) is 0 Å². The predicted octanol–water partition coefficient (Wildman–Crippen LogP) is 2.94. The molecule has 0 N–H and O–H groups in total. The van der Waals surface area contributed by atoms with E-state index in [2.05, 4.69) is 28.9 Å². The first kappa shape index (κ1) is 14.7. The maximum atomic E-state index is 11.2. The summed E-state index contributed by atoms with van der Waals surface area (Å²) in [5.74, 6) is 0.777. The molecule has 0 aliphatic rings. The van der Waals surface area contributed by atoms with Crippen molar-refractivity contribution in [3.63, 3.8) is 0 Å². The minimum atomic E-state index is 0.264. The third-order valence-electron chi connectivity index (χ3n) is 2.82. The van der Waals surface area contributed by atoms with E-state index in [-0.39, 0.29) is 5.15 Å². The number of aldehydes is 1. The summed E-state index contributed by atoms with van der Waals surface area (Å²) in [6.45, 7) is 7.89. The fourth-order valence-electron chi connectivity index (χ4n) is 2.04. The fraction of sp³-hybridized carbons (Fsp3) is 0.429. The monoisotopic (exact) mass is 292 g/mol. The van der Waals surface area contributed by atoms with Crippen LogP contribution in [0, 0.1) is 19.8 Å². The fourth-order valence-corrected chi connectivity index (χ4v) is 2.31. The smallest absolute Gasteiger partial charge is 0.252 e. The van der Waals surface area contributed by atoms with E-state index in [0.717, 1.165) is 17.7 Å². The molecule has 0 aliphatic carbocycles. The van der Waals surface area contributed by atoms with Crippen molar-refractivity contribution in [3.8, 4) is 5.95 Å². The predicted molar refractivity (Wildman–Crippen MR) is 77.6 cm³/mol. The van der Waals surface area contributed by atoms with Crippen LogP contribution in [0.25, 0.3) is 5.95 Å².